The number of aryl methyl sites for hydroxylation is 1. The molecule has 2 rings (SSSR count). The second-order valence-electron chi connectivity index (χ2n) is 4.77. The number of aliphatic hydroxyl groups excluding tert-OH is 1. The lowest BCUT2D eigenvalue weighted by atomic mass is 10.2. The molecule has 0 aliphatic rings. The Hall–Kier alpha value is -2.33. The van der Waals surface area contributed by atoms with Crippen molar-refractivity contribution in [1.82, 2.24) is 0 Å². The second kappa shape index (κ2) is 7.45. The first kappa shape index (κ1) is 15.1. The van der Waals surface area contributed by atoms with Gasteiger partial charge in [-0.3, -0.25) is 4.79 Å². The summed E-state index contributed by atoms with van der Waals surface area (Å²) in [6.45, 7) is 2.31. The number of rotatable bonds is 6. The Bertz CT molecular complexity index is 593. The summed E-state index contributed by atoms with van der Waals surface area (Å²) in [4.78, 5) is 11.8. The smallest absolute Gasteiger partial charge is 0.227 e. The van der Waals surface area contributed by atoms with Crippen LogP contribution in [0.2, 0.25) is 0 Å². The summed E-state index contributed by atoms with van der Waals surface area (Å²) < 4.78 is 5.59. The van der Waals surface area contributed by atoms with E-state index in [-0.39, 0.29) is 18.9 Å². The lowest BCUT2D eigenvalue weighted by Crippen LogP contribution is -2.15. The van der Waals surface area contributed by atoms with Gasteiger partial charge in [0, 0.05) is 5.69 Å². The zero-order valence-corrected chi connectivity index (χ0v) is 12.0. The number of hydrogen-bond donors (Lipinski definition) is 2. The van der Waals surface area contributed by atoms with E-state index in [0.717, 1.165) is 16.9 Å². The number of para-hydroxylation sites is 1. The lowest BCUT2D eigenvalue weighted by molar-refractivity contribution is -0.116. The number of carbonyl (C=O) groups excluding carboxylic acids is 1. The van der Waals surface area contributed by atoms with Crippen LogP contribution >= 0.6 is 0 Å². The fourth-order valence-corrected chi connectivity index (χ4v) is 1.89. The third-order valence-corrected chi connectivity index (χ3v) is 3.10. The van der Waals surface area contributed by atoms with Crippen LogP contribution in [-0.2, 0) is 11.4 Å². The second-order valence-corrected chi connectivity index (χ2v) is 4.77. The summed E-state index contributed by atoms with van der Waals surface area (Å²) >= 11 is 0. The monoisotopic (exact) mass is 285 g/mol. The quantitative estimate of drug-likeness (QED) is 0.858. The summed E-state index contributed by atoms with van der Waals surface area (Å²) in [6.07, 6.45) is 0.288. The summed E-state index contributed by atoms with van der Waals surface area (Å²) in [5.41, 5.74) is 2.58. The van der Waals surface area contributed by atoms with Gasteiger partial charge in [0.15, 0.2) is 0 Å². The minimum atomic E-state index is -0.0969. The predicted octanol–water partition coefficient (Wildman–Crippen LogP) is 2.89. The summed E-state index contributed by atoms with van der Waals surface area (Å²) in [7, 11) is 0. The maximum atomic E-state index is 11.8. The molecule has 110 valence electrons. The Morgan fingerprint density at radius 1 is 1.14 bits per heavy atom. The van der Waals surface area contributed by atoms with E-state index in [9.17, 15) is 4.79 Å². The van der Waals surface area contributed by atoms with E-state index in [0.29, 0.717) is 12.3 Å². The average molecular weight is 285 g/mol. The molecule has 4 nitrogen and oxygen atoms in total. The van der Waals surface area contributed by atoms with Crippen LogP contribution in [0.1, 0.15) is 17.5 Å². The van der Waals surface area contributed by atoms with Gasteiger partial charge in [-0.1, -0.05) is 30.3 Å². The predicted molar refractivity (Wildman–Crippen MR) is 82.3 cm³/mol. The van der Waals surface area contributed by atoms with Crippen molar-refractivity contribution >= 4 is 11.6 Å². The third kappa shape index (κ3) is 4.61. The topological polar surface area (TPSA) is 58.6 Å². The van der Waals surface area contributed by atoms with Crippen LogP contribution < -0.4 is 10.1 Å². The number of amides is 1. The van der Waals surface area contributed by atoms with E-state index in [1.807, 2.05) is 31.2 Å². The normalized spacial score (nSPS) is 10.2. The minimum absolute atomic E-state index is 0.00149. The van der Waals surface area contributed by atoms with Crippen LogP contribution in [0.5, 0.6) is 5.75 Å². The molecular weight excluding hydrogens is 266 g/mol. The van der Waals surface area contributed by atoms with Crippen molar-refractivity contribution in [1.29, 1.82) is 0 Å². The maximum Gasteiger partial charge on any atom is 0.227 e. The van der Waals surface area contributed by atoms with Gasteiger partial charge in [-0.25, -0.2) is 0 Å². The summed E-state index contributed by atoms with van der Waals surface area (Å²) in [6, 6.07) is 14.8. The van der Waals surface area contributed by atoms with Gasteiger partial charge in [0.05, 0.1) is 19.6 Å². The van der Waals surface area contributed by atoms with Gasteiger partial charge < -0.3 is 15.2 Å². The molecular formula is C17H19NO3. The maximum absolute atomic E-state index is 11.8. The van der Waals surface area contributed by atoms with E-state index in [1.54, 1.807) is 24.3 Å². The molecule has 0 aliphatic carbocycles. The molecule has 0 aromatic heterocycles. The molecule has 0 spiro atoms. The van der Waals surface area contributed by atoms with Crippen molar-refractivity contribution in [2.75, 3.05) is 11.9 Å². The van der Waals surface area contributed by atoms with Crippen molar-refractivity contribution in [3.05, 3.63) is 59.7 Å². The third-order valence-electron chi connectivity index (χ3n) is 3.10. The number of hydrogen-bond acceptors (Lipinski definition) is 3. The van der Waals surface area contributed by atoms with Gasteiger partial charge >= 0.3 is 0 Å². The van der Waals surface area contributed by atoms with Gasteiger partial charge in [-0.05, 0) is 36.2 Å². The zero-order valence-electron chi connectivity index (χ0n) is 12.0. The van der Waals surface area contributed by atoms with Gasteiger partial charge in [0.1, 0.15) is 5.75 Å². The fraction of sp³-hybridized carbons (Fsp3) is 0.235. The first-order valence-electron chi connectivity index (χ1n) is 6.87. The highest BCUT2D eigenvalue weighted by Gasteiger charge is 2.04. The van der Waals surface area contributed by atoms with Crippen molar-refractivity contribution in [2.24, 2.45) is 0 Å². The number of benzene rings is 2. The molecule has 2 aromatic rings. The van der Waals surface area contributed by atoms with E-state index < -0.39 is 0 Å². The van der Waals surface area contributed by atoms with Crippen LogP contribution in [0, 0.1) is 6.92 Å². The molecule has 21 heavy (non-hydrogen) atoms. The Kier molecular flexibility index (Phi) is 5.35. The molecule has 2 N–H and O–H groups in total. The summed E-state index contributed by atoms with van der Waals surface area (Å²) in [5, 5.41) is 11.7. The molecule has 2 aromatic carbocycles. The van der Waals surface area contributed by atoms with Gasteiger partial charge in [0.25, 0.3) is 0 Å². The van der Waals surface area contributed by atoms with Crippen LogP contribution in [0.25, 0.3) is 0 Å². The van der Waals surface area contributed by atoms with Crippen LogP contribution in [0.4, 0.5) is 5.69 Å². The Morgan fingerprint density at radius 3 is 2.52 bits per heavy atom. The molecule has 0 saturated heterocycles. The molecule has 0 saturated carbocycles. The molecule has 0 aliphatic heterocycles. The minimum Gasteiger partial charge on any atom is -0.493 e. The van der Waals surface area contributed by atoms with E-state index in [4.69, 9.17) is 9.84 Å². The van der Waals surface area contributed by atoms with Crippen molar-refractivity contribution < 1.29 is 14.6 Å². The fourth-order valence-electron chi connectivity index (χ4n) is 1.89. The number of nitrogens with one attached hydrogen (secondary N) is 1. The molecule has 0 fully saturated rings. The molecule has 0 unspecified atom stereocenters. The first-order valence-corrected chi connectivity index (χ1v) is 6.87. The van der Waals surface area contributed by atoms with Crippen molar-refractivity contribution in [3.63, 3.8) is 0 Å². The Balaban J connectivity index is 1.78. The number of carbonyl (C=O) groups is 1. The highest BCUT2D eigenvalue weighted by Crippen LogP contribution is 2.16. The van der Waals surface area contributed by atoms with Gasteiger partial charge in [0.2, 0.25) is 5.91 Å². The lowest BCUT2D eigenvalue weighted by Gasteiger charge is -2.09. The first-order chi connectivity index (χ1) is 10.2. The summed E-state index contributed by atoms with van der Waals surface area (Å²) in [5.74, 6) is 0.706. The van der Waals surface area contributed by atoms with E-state index >= 15 is 0 Å². The molecule has 4 heteroatoms. The number of aliphatic hydroxyl groups is 1. The highest BCUT2D eigenvalue weighted by molar-refractivity contribution is 5.90. The zero-order chi connectivity index (χ0) is 15.1. The van der Waals surface area contributed by atoms with Crippen LogP contribution in [0.3, 0.4) is 0 Å². The van der Waals surface area contributed by atoms with Crippen LogP contribution in [-0.4, -0.2) is 17.6 Å². The van der Waals surface area contributed by atoms with Crippen LogP contribution in [0.15, 0.2) is 48.5 Å². The number of anilines is 1. The van der Waals surface area contributed by atoms with E-state index in [2.05, 4.69) is 5.32 Å². The average Bonchev–Trinajstić information content (AvgIpc) is 2.50. The standard InChI is InChI=1S/C17H19NO3/c1-13-4-2-3-5-16(13)21-11-10-17(20)18-15-8-6-14(12-19)7-9-15/h2-9,19H,10-12H2,1H3,(H,18,20). The highest BCUT2D eigenvalue weighted by atomic mass is 16.5. The Labute approximate surface area is 124 Å². The Morgan fingerprint density at radius 2 is 1.86 bits per heavy atom. The molecule has 0 radical (unpaired) electrons. The SMILES string of the molecule is Cc1ccccc1OCCC(=O)Nc1ccc(CO)cc1. The molecule has 0 atom stereocenters. The largest absolute Gasteiger partial charge is 0.493 e. The van der Waals surface area contributed by atoms with Gasteiger partial charge in [-0.15, -0.1) is 0 Å². The number of ether oxygens (including phenoxy) is 1. The molecule has 0 bridgehead atoms. The molecule has 0 heterocycles. The molecule has 1 amide bonds. The van der Waals surface area contributed by atoms with Crippen molar-refractivity contribution in [3.8, 4) is 5.75 Å². The van der Waals surface area contributed by atoms with Crippen molar-refractivity contribution in [2.45, 2.75) is 20.0 Å². The van der Waals surface area contributed by atoms with Gasteiger partial charge in [-0.2, -0.15) is 0 Å². The van der Waals surface area contributed by atoms with E-state index in [1.165, 1.54) is 0 Å².